The van der Waals surface area contributed by atoms with E-state index >= 15 is 0 Å². The molecule has 4 nitrogen and oxygen atoms in total. The first-order valence-corrected chi connectivity index (χ1v) is 6.31. The van der Waals surface area contributed by atoms with Crippen LogP contribution in [0.3, 0.4) is 0 Å². The predicted molar refractivity (Wildman–Crippen MR) is 71.8 cm³/mol. The summed E-state index contributed by atoms with van der Waals surface area (Å²) in [4.78, 5) is 14.1. The number of hydrogen-bond donors (Lipinski definition) is 2. The summed E-state index contributed by atoms with van der Waals surface area (Å²) < 4.78 is 0. The van der Waals surface area contributed by atoms with Crippen LogP contribution in [-0.4, -0.2) is 42.4 Å². The van der Waals surface area contributed by atoms with E-state index in [1.165, 1.54) is 0 Å². The number of hydrogen-bond acceptors (Lipinski definition) is 4. The fourth-order valence-electron chi connectivity index (χ4n) is 1.37. The lowest BCUT2D eigenvalue weighted by molar-refractivity contribution is 0.0697. The minimum atomic E-state index is -0.972. The molecule has 0 fully saturated rings. The normalized spacial score (nSPS) is 10.8. The van der Waals surface area contributed by atoms with E-state index in [4.69, 9.17) is 10.8 Å². The third kappa shape index (κ3) is 3.94. The van der Waals surface area contributed by atoms with Crippen molar-refractivity contribution < 1.29 is 9.90 Å². The highest BCUT2D eigenvalue weighted by Crippen LogP contribution is 2.26. The van der Waals surface area contributed by atoms with Crippen molar-refractivity contribution >= 4 is 23.4 Å². The molecule has 0 aliphatic heterocycles. The molecule has 0 unspecified atom stereocenters. The molecule has 0 radical (unpaired) electrons. The van der Waals surface area contributed by atoms with Gasteiger partial charge in [-0.2, -0.15) is 0 Å². The van der Waals surface area contributed by atoms with Crippen LogP contribution in [-0.2, 0) is 0 Å². The average Bonchev–Trinajstić information content (AvgIpc) is 2.22. The Morgan fingerprint density at radius 2 is 2.12 bits per heavy atom. The zero-order chi connectivity index (χ0) is 13.0. The average molecular weight is 254 g/mol. The highest BCUT2D eigenvalue weighted by Gasteiger charge is 2.11. The molecule has 5 heteroatoms. The quantitative estimate of drug-likeness (QED) is 0.621. The SMILES string of the molecule is Cc1cc(SCCN(C)C)cc(C(=O)O)c1N. The Kier molecular flexibility index (Phi) is 4.84. The summed E-state index contributed by atoms with van der Waals surface area (Å²) in [5.74, 6) is -0.0456. The number of nitrogens with zero attached hydrogens (tertiary/aromatic N) is 1. The molecule has 0 aliphatic carbocycles. The number of aryl methyl sites for hydroxylation is 1. The molecule has 1 aromatic carbocycles. The first-order chi connectivity index (χ1) is 7.91. The van der Waals surface area contributed by atoms with E-state index < -0.39 is 5.97 Å². The van der Waals surface area contributed by atoms with E-state index in [0.29, 0.717) is 5.69 Å². The monoisotopic (exact) mass is 254 g/mol. The molecule has 0 amide bonds. The van der Waals surface area contributed by atoms with Gasteiger partial charge in [0.15, 0.2) is 0 Å². The highest BCUT2D eigenvalue weighted by molar-refractivity contribution is 7.99. The van der Waals surface area contributed by atoms with Gasteiger partial charge in [0.25, 0.3) is 0 Å². The van der Waals surface area contributed by atoms with Crippen molar-refractivity contribution in [2.45, 2.75) is 11.8 Å². The Hall–Kier alpha value is -1.20. The van der Waals surface area contributed by atoms with E-state index in [2.05, 4.69) is 4.90 Å². The van der Waals surface area contributed by atoms with Crippen LogP contribution in [0.2, 0.25) is 0 Å². The van der Waals surface area contributed by atoms with Gasteiger partial charge in [0.1, 0.15) is 0 Å². The Labute approximate surface area is 106 Å². The van der Waals surface area contributed by atoms with E-state index in [1.807, 2.05) is 27.1 Å². The summed E-state index contributed by atoms with van der Waals surface area (Å²) >= 11 is 1.64. The van der Waals surface area contributed by atoms with E-state index in [0.717, 1.165) is 22.8 Å². The van der Waals surface area contributed by atoms with Gasteiger partial charge in [-0.15, -0.1) is 11.8 Å². The van der Waals surface area contributed by atoms with E-state index in [-0.39, 0.29) is 5.56 Å². The zero-order valence-corrected chi connectivity index (χ0v) is 11.2. The molecule has 17 heavy (non-hydrogen) atoms. The first kappa shape index (κ1) is 13.9. The largest absolute Gasteiger partial charge is 0.478 e. The lowest BCUT2D eigenvalue weighted by atomic mass is 10.1. The van der Waals surface area contributed by atoms with Crippen molar-refractivity contribution in [2.75, 3.05) is 32.1 Å². The highest BCUT2D eigenvalue weighted by atomic mass is 32.2. The molecule has 0 heterocycles. The number of rotatable bonds is 5. The van der Waals surface area contributed by atoms with Crippen molar-refractivity contribution in [3.8, 4) is 0 Å². The van der Waals surface area contributed by atoms with Gasteiger partial charge in [-0.05, 0) is 38.7 Å². The fraction of sp³-hybridized carbons (Fsp3) is 0.417. The summed E-state index contributed by atoms with van der Waals surface area (Å²) in [6, 6.07) is 3.58. The van der Waals surface area contributed by atoms with Gasteiger partial charge < -0.3 is 15.7 Å². The molecule has 0 aromatic heterocycles. The van der Waals surface area contributed by atoms with Crippen LogP contribution in [0.25, 0.3) is 0 Å². The van der Waals surface area contributed by atoms with Crippen LogP contribution < -0.4 is 5.73 Å². The second kappa shape index (κ2) is 5.93. The molecule has 0 bridgehead atoms. The Morgan fingerprint density at radius 1 is 1.47 bits per heavy atom. The van der Waals surface area contributed by atoms with Crippen molar-refractivity contribution in [3.63, 3.8) is 0 Å². The molecular weight excluding hydrogens is 236 g/mol. The lowest BCUT2D eigenvalue weighted by Gasteiger charge is -2.11. The minimum absolute atomic E-state index is 0.192. The molecule has 0 saturated heterocycles. The van der Waals surface area contributed by atoms with Gasteiger partial charge >= 0.3 is 5.97 Å². The Balaban J connectivity index is 2.84. The maximum Gasteiger partial charge on any atom is 0.337 e. The van der Waals surface area contributed by atoms with Crippen LogP contribution in [0.1, 0.15) is 15.9 Å². The topological polar surface area (TPSA) is 66.6 Å². The number of aromatic carboxylic acids is 1. The third-order valence-electron chi connectivity index (χ3n) is 2.40. The Morgan fingerprint density at radius 3 is 2.65 bits per heavy atom. The summed E-state index contributed by atoms with van der Waals surface area (Å²) in [7, 11) is 4.02. The van der Waals surface area contributed by atoms with E-state index in [1.54, 1.807) is 17.8 Å². The Bertz CT molecular complexity index is 419. The number of nitrogen functional groups attached to an aromatic ring is 1. The second-order valence-electron chi connectivity index (χ2n) is 4.16. The van der Waals surface area contributed by atoms with Crippen molar-refractivity contribution in [1.82, 2.24) is 4.90 Å². The molecule has 0 atom stereocenters. The third-order valence-corrected chi connectivity index (χ3v) is 3.35. The zero-order valence-electron chi connectivity index (χ0n) is 10.4. The molecular formula is C12H18N2O2S. The standard InChI is InChI=1S/C12H18N2O2S/c1-8-6-9(17-5-4-14(2)3)7-10(11(8)13)12(15)16/h6-7H,4-5,13H2,1-3H3,(H,15,16). The van der Waals surface area contributed by atoms with Gasteiger partial charge in [-0.3, -0.25) is 0 Å². The van der Waals surface area contributed by atoms with Crippen LogP contribution >= 0.6 is 11.8 Å². The maximum absolute atomic E-state index is 11.0. The summed E-state index contributed by atoms with van der Waals surface area (Å²) in [5, 5.41) is 9.03. The molecule has 0 spiro atoms. The number of benzene rings is 1. The predicted octanol–water partition coefficient (Wildman–Crippen LogP) is 1.93. The van der Waals surface area contributed by atoms with Crippen LogP contribution in [0, 0.1) is 6.92 Å². The molecule has 0 saturated carbocycles. The number of carboxylic acid groups (broad SMARTS) is 1. The van der Waals surface area contributed by atoms with Gasteiger partial charge in [0.2, 0.25) is 0 Å². The summed E-state index contributed by atoms with van der Waals surface area (Å²) in [6.45, 7) is 2.79. The number of nitrogens with two attached hydrogens (primary N) is 1. The summed E-state index contributed by atoms with van der Waals surface area (Å²) in [5.41, 5.74) is 7.10. The van der Waals surface area contributed by atoms with Crippen molar-refractivity contribution in [2.24, 2.45) is 0 Å². The fourth-order valence-corrected chi connectivity index (χ4v) is 2.53. The second-order valence-corrected chi connectivity index (χ2v) is 5.33. The lowest BCUT2D eigenvalue weighted by Crippen LogP contribution is -2.14. The number of anilines is 1. The van der Waals surface area contributed by atoms with Gasteiger partial charge in [-0.1, -0.05) is 0 Å². The van der Waals surface area contributed by atoms with Crippen molar-refractivity contribution in [1.29, 1.82) is 0 Å². The van der Waals surface area contributed by atoms with E-state index in [9.17, 15) is 4.79 Å². The number of carbonyl (C=O) groups is 1. The molecule has 3 N–H and O–H groups in total. The van der Waals surface area contributed by atoms with Gasteiger partial charge in [0, 0.05) is 22.9 Å². The van der Waals surface area contributed by atoms with Crippen LogP contribution in [0.5, 0.6) is 0 Å². The smallest absolute Gasteiger partial charge is 0.337 e. The van der Waals surface area contributed by atoms with Gasteiger partial charge in [-0.25, -0.2) is 4.79 Å². The van der Waals surface area contributed by atoms with Crippen LogP contribution in [0.4, 0.5) is 5.69 Å². The first-order valence-electron chi connectivity index (χ1n) is 5.32. The summed E-state index contributed by atoms with van der Waals surface area (Å²) in [6.07, 6.45) is 0. The van der Waals surface area contributed by atoms with Gasteiger partial charge in [0.05, 0.1) is 5.56 Å². The maximum atomic E-state index is 11.0. The molecule has 1 aromatic rings. The minimum Gasteiger partial charge on any atom is -0.478 e. The number of thioether (sulfide) groups is 1. The molecule has 94 valence electrons. The molecule has 0 aliphatic rings. The molecule has 1 rings (SSSR count). The van der Waals surface area contributed by atoms with Crippen LogP contribution in [0.15, 0.2) is 17.0 Å². The number of carboxylic acids is 1. The van der Waals surface area contributed by atoms with Crippen molar-refractivity contribution in [3.05, 3.63) is 23.3 Å².